The van der Waals surface area contributed by atoms with Gasteiger partial charge in [-0.2, -0.15) is 5.26 Å². The molecule has 0 N–H and O–H groups in total. The van der Waals surface area contributed by atoms with Crippen molar-refractivity contribution < 1.29 is 17.9 Å². The van der Waals surface area contributed by atoms with Crippen LogP contribution in [-0.2, 0) is 26.0 Å². The van der Waals surface area contributed by atoms with Crippen molar-refractivity contribution in [2.45, 2.75) is 18.3 Å². The summed E-state index contributed by atoms with van der Waals surface area (Å²) >= 11 is 1.34. The summed E-state index contributed by atoms with van der Waals surface area (Å²) in [4.78, 5) is 11.6. The van der Waals surface area contributed by atoms with E-state index in [1.165, 1.54) is 11.8 Å². The monoisotopic (exact) mass is 325 g/mol. The number of carbonyl (C=O) groups excluding carboxylic acids is 1. The Labute approximate surface area is 128 Å². The quantitative estimate of drug-likeness (QED) is 0.763. The Kier molecular flexibility index (Phi) is 5.26. The van der Waals surface area contributed by atoms with Gasteiger partial charge < -0.3 is 4.74 Å². The molecule has 0 amide bonds. The fourth-order valence-corrected chi connectivity index (χ4v) is 5.40. The fraction of sp³-hybridized carbons (Fsp3) is 0.429. The van der Waals surface area contributed by atoms with Gasteiger partial charge in [0.25, 0.3) is 0 Å². The number of hydrogen-bond acceptors (Lipinski definition) is 6. The molecule has 1 aliphatic heterocycles. The molecule has 1 saturated heterocycles. The number of ether oxygens (including phenoxy) is 1. The van der Waals surface area contributed by atoms with E-state index in [9.17, 15) is 13.2 Å². The molecular formula is C14H15NO4S2. The number of benzene rings is 1. The lowest BCUT2D eigenvalue weighted by Gasteiger charge is -2.08. The summed E-state index contributed by atoms with van der Waals surface area (Å²) in [6, 6.07) is 8.83. The van der Waals surface area contributed by atoms with Crippen LogP contribution < -0.4 is 0 Å². The normalized spacial score (nSPS) is 19.9. The SMILES string of the molecule is N#Cc1ccc(COC(=O)CS[C@@H]2CCS(=O)(=O)C2)cc1. The number of sulfone groups is 1. The summed E-state index contributed by atoms with van der Waals surface area (Å²) in [6.07, 6.45) is 0.607. The number of thioether (sulfide) groups is 1. The predicted octanol–water partition coefficient (Wildman–Crippen LogP) is 1.52. The molecule has 1 atom stereocenters. The Bertz CT molecular complexity index is 647. The van der Waals surface area contributed by atoms with E-state index >= 15 is 0 Å². The highest BCUT2D eigenvalue weighted by molar-refractivity contribution is 8.02. The van der Waals surface area contributed by atoms with Crippen LogP contribution in [0, 0.1) is 11.3 Å². The van der Waals surface area contributed by atoms with E-state index in [1.807, 2.05) is 6.07 Å². The third-order valence-electron chi connectivity index (χ3n) is 3.11. The molecule has 7 heteroatoms. The molecule has 1 fully saturated rings. The molecule has 0 aromatic heterocycles. The number of nitrogens with zero attached hydrogens (tertiary/aromatic N) is 1. The topological polar surface area (TPSA) is 84.2 Å². The molecule has 1 heterocycles. The van der Waals surface area contributed by atoms with Gasteiger partial charge in [-0.3, -0.25) is 4.79 Å². The lowest BCUT2D eigenvalue weighted by atomic mass is 10.2. The van der Waals surface area contributed by atoms with Crippen molar-refractivity contribution in [1.29, 1.82) is 5.26 Å². The second-order valence-electron chi connectivity index (χ2n) is 4.81. The molecule has 0 radical (unpaired) electrons. The smallest absolute Gasteiger partial charge is 0.316 e. The maximum atomic E-state index is 11.6. The van der Waals surface area contributed by atoms with Gasteiger partial charge in [0.2, 0.25) is 0 Å². The summed E-state index contributed by atoms with van der Waals surface area (Å²) in [5.74, 6) is 0.177. The van der Waals surface area contributed by atoms with Crippen molar-refractivity contribution >= 4 is 27.6 Å². The van der Waals surface area contributed by atoms with Crippen molar-refractivity contribution in [3.05, 3.63) is 35.4 Å². The minimum Gasteiger partial charge on any atom is -0.460 e. The second kappa shape index (κ2) is 6.96. The molecule has 1 aromatic rings. The lowest BCUT2D eigenvalue weighted by molar-refractivity contribution is -0.141. The first-order chi connectivity index (χ1) is 9.98. The first-order valence-electron chi connectivity index (χ1n) is 6.45. The average molecular weight is 325 g/mol. The summed E-state index contributed by atoms with van der Waals surface area (Å²) in [6.45, 7) is 0.161. The van der Waals surface area contributed by atoms with E-state index in [1.54, 1.807) is 24.3 Å². The molecule has 0 bridgehead atoms. The van der Waals surface area contributed by atoms with E-state index in [-0.39, 0.29) is 35.1 Å². The molecule has 1 aliphatic rings. The van der Waals surface area contributed by atoms with Crippen molar-refractivity contribution in [3.63, 3.8) is 0 Å². The minimum absolute atomic E-state index is 0.00235. The molecular weight excluding hydrogens is 310 g/mol. The molecule has 1 aromatic carbocycles. The molecule has 21 heavy (non-hydrogen) atoms. The van der Waals surface area contributed by atoms with E-state index in [0.29, 0.717) is 12.0 Å². The van der Waals surface area contributed by atoms with Gasteiger partial charge in [-0.05, 0) is 24.1 Å². The number of hydrogen-bond donors (Lipinski definition) is 0. The van der Waals surface area contributed by atoms with Crippen LogP contribution in [0.2, 0.25) is 0 Å². The van der Waals surface area contributed by atoms with Gasteiger partial charge in [-0.15, -0.1) is 11.8 Å². The highest BCUT2D eigenvalue weighted by atomic mass is 32.2. The molecule has 0 saturated carbocycles. The van der Waals surface area contributed by atoms with Gasteiger partial charge in [0, 0.05) is 5.25 Å². The predicted molar refractivity (Wildman–Crippen MR) is 80.5 cm³/mol. The number of rotatable bonds is 5. The summed E-state index contributed by atoms with van der Waals surface area (Å²) < 4.78 is 27.7. The van der Waals surface area contributed by atoms with Crippen LogP contribution in [0.3, 0.4) is 0 Å². The van der Waals surface area contributed by atoms with Gasteiger partial charge >= 0.3 is 5.97 Å². The zero-order chi connectivity index (χ0) is 15.3. The van der Waals surface area contributed by atoms with Crippen molar-refractivity contribution in [1.82, 2.24) is 0 Å². The molecule has 0 aliphatic carbocycles. The van der Waals surface area contributed by atoms with Crippen LogP contribution >= 0.6 is 11.8 Å². The largest absolute Gasteiger partial charge is 0.460 e. The van der Waals surface area contributed by atoms with Crippen molar-refractivity contribution in [2.24, 2.45) is 0 Å². The fourth-order valence-electron chi connectivity index (χ4n) is 1.96. The van der Waals surface area contributed by atoms with Crippen LogP contribution in [0.4, 0.5) is 0 Å². The Hall–Kier alpha value is -1.52. The van der Waals surface area contributed by atoms with Gasteiger partial charge in [-0.25, -0.2) is 8.42 Å². The van der Waals surface area contributed by atoms with Crippen LogP contribution in [0.25, 0.3) is 0 Å². The number of nitriles is 1. The Morgan fingerprint density at radius 3 is 2.67 bits per heavy atom. The van der Waals surface area contributed by atoms with Crippen LogP contribution in [-0.4, -0.2) is 36.9 Å². The van der Waals surface area contributed by atoms with Gasteiger partial charge in [0.05, 0.1) is 28.9 Å². The highest BCUT2D eigenvalue weighted by Crippen LogP contribution is 2.24. The van der Waals surface area contributed by atoms with Crippen molar-refractivity contribution in [2.75, 3.05) is 17.3 Å². The third-order valence-corrected chi connectivity index (χ3v) is 6.37. The molecule has 0 unspecified atom stereocenters. The van der Waals surface area contributed by atoms with Crippen LogP contribution in [0.1, 0.15) is 17.5 Å². The molecule has 0 spiro atoms. The molecule has 2 rings (SSSR count). The van der Waals surface area contributed by atoms with Crippen LogP contribution in [0.5, 0.6) is 0 Å². The molecule has 5 nitrogen and oxygen atoms in total. The van der Waals surface area contributed by atoms with E-state index in [0.717, 1.165) is 5.56 Å². The standard InChI is InChI=1S/C14H15NO4S2/c15-7-11-1-3-12(4-2-11)8-19-14(16)9-20-13-5-6-21(17,18)10-13/h1-4,13H,5-6,8-10H2/t13-/m1/s1. The number of esters is 1. The maximum absolute atomic E-state index is 11.6. The summed E-state index contributed by atoms with van der Waals surface area (Å²) in [7, 11) is -2.90. The van der Waals surface area contributed by atoms with Gasteiger partial charge in [0.1, 0.15) is 6.61 Å². The Balaban J connectivity index is 1.71. The van der Waals surface area contributed by atoms with E-state index in [2.05, 4.69) is 0 Å². The minimum atomic E-state index is -2.90. The first kappa shape index (κ1) is 15.9. The van der Waals surface area contributed by atoms with Gasteiger partial charge in [0.15, 0.2) is 9.84 Å². The maximum Gasteiger partial charge on any atom is 0.316 e. The van der Waals surface area contributed by atoms with Crippen LogP contribution in [0.15, 0.2) is 24.3 Å². The highest BCUT2D eigenvalue weighted by Gasteiger charge is 2.28. The average Bonchev–Trinajstić information content (AvgIpc) is 2.83. The zero-order valence-electron chi connectivity index (χ0n) is 11.3. The number of carbonyl (C=O) groups is 1. The zero-order valence-corrected chi connectivity index (χ0v) is 13.0. The molecule has 112 valence electrons. The summed E-state index contributed by atoms with van der Waals surface area (Å²) in [5.41, 5.74) is 1.37. The Morgan fingerprint density at radius 1 is 1.38 bits per heavy atom. The second-order valence-corrected chi connectivity index (χ2v) is 8.32. The summed E-state index contributed by atoms with van der Waals surface area (Å²) in [5, 5.41) is 8.67. The third kappa shape index (κ3) is 5.06. The van der Waals surface area contributed by atoms with Crippen molar-refractivity contribution in [3.8, 4) is 6.07 Å². The first-order valence-corrected chi connectivity index (χ1v) is 9.32. The van der Waals surface area contributed by atoms with E-state index < -0.39 is 9.84 Å². The lowest BCUT2D eigenvalue weighted by Crippen LogP contribution is -2.12. The van der Waals surface area contributed by atoms with E-state index in [4.69, 9.17) is 10.00 Å². The van der Waals surface area contributed by atoms with Gasteiger partial charge in [-0.1, -0.05) is 12.1 Å². The Morgan fingerprint density at radius 2 is 2.10 bits per heavy atom.